The molecule has 0 bridgehead atoms. The number of rotatable bonds is 4. The van der Waals surface area contributed by atoms with Crippen molar-refractivity contribution >= 4 is 23.1 Å². The maximum atomic E-state index is 12.5. The van der Waals surface area contributed by atoms with Crippen LogP contribution in [0.15, 0.2) is 40.2 Å². The molecule has 5 nitrogen and oxygen atoms in total. The van der Waals surface area contributed by atoms with Gasteiger partial charge in [0.2, 0.25) is 5.88 Å². The van der Waals surface area contributed by atoms with Gasteiger partial charge in [-0.3, -0.25) is 4.79 Å². The molecule has 6 heteroatoms. The van der Waals surface area contributed by atoms with Crippen molar-refractivity contribution in [2.24, 2.45) is 0 Å². The van der Waals surface area contributed by atoms with Gasteiger partial charge < -0.3 is 15.6 Å². The molecule has 0 saturated carbocycles. The van der Waals surface area contributed by atoms with Gasteiger partial charge in [-0.15, -0.1) is 11.3 Å². The predicted octanol–water partition coefficient (Wildman–Crippen LogP) is 3.53. The molecule has 0 aliphatic heterocycles. The minimum Gasteiger partial charge on any atom is -0.367 e. The van der Waals surface area contributed by atoms with Gasteiger partial charge in [-0.25, -0.2) is 0 Å². The van der Waals surface area contributed by atoms with E-state index in [1.165, 1.54) is 16.9 Å². The van der Waals surface area contributed by atoms with Crippen LogP contribution in [0, 0.1) is 13.8 Å². The Hall–Kier alpha value is -2.60. The van der Waals surface area contributed by atoms with E-state index in [-0.39, 0.29) is 11.8 Å². The van der Waals surface area contributed by atoms with E-state index in [1.54, 1.807) is 0 Å². The summed E-state index contributed by atoms with van der Waals surface area (Å²) in [6.07, 6.45) is 0. The van der Waals surface area contributed by atoms with Crippen LogP contribution in [0.25, 0.3) is 10.6 Å². The Morgan fingerprint density at radius 1 is 1.26 bits per heavy atom. The fraction of sp³-hybridized carbons (Fsp3) is 0.176. The van der Waals surface area contributed by atoms with Gasteiger partial charge in [0.15, 0.2) is 0 Å². The number of aryl methyl sites for hydroxylation is 2. The molecular formula is C17H17N3O2S. The third-order valence-electron chi connectivity index (χ3n) is 3.60. The second-order valence-corrected chi connectivity index (χ2v) is 6.29. The standard InChI is InChI=1S/C17H17N3O2S/c1-10-3-5-12(6-4-10)9-19-17(21)13-14(20-22-16(13)18)15-11(2)7-8-23-15/h3-8H,9,18H2,1-2H3,(H,19,21). The average Bonchev–Trinajstić information content (AvgIpc) is 3.12. The van der Waals surface area contributed by atoms with E-state index >= 15 is 0 Å². The number of benzene rings is 1. The van der Waals surface area contributed by atoms with Crippen LogP contribution in [0.5, 0.6) is 0 Å². The second kappa shape index (κ2) is 6.26. The summed E-state index contributed by atoms with van der Waals surface area (Å²) in [6.45, 7) is 4.41. The first-order chi connectivity index (χ1) is 11.1. The lowest BCUT2D eigenvalue weighted by atomic mass is 10.1. The van der Waals surface area contributed by atoms with Crippen LogP contribution in [0.4, 0.5) is 5.88 Å². The summed E-state index contributed by atoms with van der Waals surface area (Å²) in [6, 6.07) is 9.96. The van der Waals surface area contributed by atoms with E-state index in [1.807, 2.05) is 49.6 Å². The van der Waals surface area contributed by atoms with Gasteiger partial charge in [0, 0.05) is 6.54 Å². The van der Waals surface area contributed by atoms with Crippen LogP contribution in [0.1, 0.15) is 27.0 Å². The zero-order chi connectivity index (χ0) is 16.4. The molecule has 0 fully saturated rings. The number of anilines is 1. The van der Waals surface area contributed by atoms with Crippen LogP contribution in [-0.2, 0) is 6.54 Å². The Kier molecular flexibility index (Phi) is 4.16. The largest absolute Gasteiger partial charge is 0.367 e. The molecule has 3 N–H and O–H groups in total. The van der Waals surface area contributed by atoms with Crippen molar-refractivity contribution in [3.05, 3.63) is 58.0 Å². The third kappa shape index (κ3) is 3.12. The Bertz CT molecular complexity index is 834. The second-order valence-electron chi connectivity index (χ2n) is 5.37. The molecule has 3 aromatic rings. The van der Waals surface area contributed by atoms with E-state index in [4.69, 9.17) is 10.3 Å². The Morgan fingerprint density at radius 2 is 2.00 bits per heavy atom. The molecule has 1 amide bonds. The highest BCUT2D eigenvalue weighted by molar-refractivity contribution is 7.13. The first-order valence-corrected chi connectivity index (χ1v) is 8.07. The summed E-state index contributed by atoms with van der Waals surface area (Å²) in [7, 11) is 0. The number of nitrogens with zero attached hydrogens (tertiary/aromatic N) is 1. The summed E-state index contributed by atoms with van der Waals surface area (Å²) in [5, 5.41) is 8.77. The number of carbonyl (C=O) groups excluding carboxylic acids is 1. The number of amides is 1. The van der Waals surface area contributed by atoms with Gasteiger partial charge in [0.1, 0.15) is 11.3 Å². The highest BCUT2D eigenvalue weighted by Crippen LogP contribution is 2.33. The fourth-order valence-electron chi connectivity index (χ4n) is 2.27. The zero-order valence-corrected chi connectivity index (χ0v) is 13.7. The monoisotopic (exact) mass is 327 g/mol. The number of thiophene rings is 1. The van der Waals surface area contributed by atoms with Crippen LogP contribution in [-0.4, -0.2) is 11.1 Å². The highest BCUT2D eigenvalue weighted by atomic mass is 32.1. The van der Waals surface area contributed by atoms with Crippen molar-refractivity contribution in [1.29, 1.82) is 0 Å². The summed E-state index contributed by atoms with van der Waals surface area (Å²) in [5.41, 5.74) is 9.83. The molecule has 0 atom stereocenters. The van der Waals surface area contributed by atoms with Crippen molar-refractivity contribution in [3.63, 3.8) is 0 Å². The number of nitrogens with two attached hydrogens (primary N) is 1. The van der Waals surface area contributed by atoms with E-state index < -0.39 is 0 Å². The SMILES string of the molecule is Cc1ccc(CNC(=O)c2c(-c3sccc3C)noc2N)cc1. The quantitative estimate of drug-likeness (QED) is 0.768. The van der Waals surface area contributed by atoms with E-state index in [0.717, 1.165) is 16.0 Å². The van der Waals surface area contributed by atoms with Crippen LogP contribution in [0.3, 0.4) is 0 Å². The van der Waals surface area contributed by atoms with E-state index in [0.29, 0.717) is 17.8 Å². The van der Waals surface area contributed by atoms with Crippen molar-refractivity contribution in [2.75, 3.05) is 5.73 Å². The molecule has 0 aliphatic rings. The predicted molar refractivity (Wildman–Crippen MR) is 91.3 cm³/mol. The molecule has 0 spiro atoms. The first kappa shape index (κ1) is 15.3. The fourth-order valence-corrected chi connectivity index (χ4v) is 3.18. The Labute approximate surface area is 138 Å². The molecule has 2 heterocycles. The van der Waals surface area contributed by atoms with Gasteiger partial charge >= 0.3 is 0 Å². The minimum atomic E-state index is -0.285. The summed E-state index contributed by atoms with van der Waals surface area (Å²) in [5.74, 6) is -0.249. The van der Waals surface area contributed by atoms with Crippen LogP contribution < -0.4 is 11.1 Å². The lowest BCUT2D eigenvalue weighted by Crippen LogP contribution is -2.23. The Morgan fingerprint density at radius 3 is 2.65 bits per heavy atom. The molecule has 0 aliphatic carbocycles. The van der Waals surface area contributed by atoms with E-state index in [2.05, 4.69) is 10.5 Å². The third-order valence-corrected chi connectivity index (χ3v) is 4.62. The number of carbonyl (C=O) groups is 1. The first-order valence-electron chi connectivity index (χ1n) is 7.19. The van der Waals surface area contributed by atoms with Crippen molar-refractivity contribution in [2.45, 2.75) is 20.4 Å². The number of nitrogens with one attached hydrogen (secondary N) is 1. The molecule has 0 saturated heterocycles. The maximum Gasteiger partial charge on any atom is 0.259 e. The normalized spacial score (nSPS) is 10.7. The van der Waals surface area contributed by atoms with Gasteiger partial charge in [0.25, 0.3) is 5.91 Å². The average molecular weight is 327 g/mol. The van der Waals surface area contributed by atoms with Gasteiger partial charge in [0.05, 0.1) is 4.88 Å². The summed E-state index contributed by atoms with van der Waals surface area (Å²) < 4.78 is 5.04. The minimum absolute atomic E-state index is 0.0363. The molecular weight excluding hydrogens is 310 g/mol. The van der Waals surface area contributed by atoms with Gasteiger partial charge in [-0.1, -0.05) is 35.0 Å². The number of aromatic nitrogens is 1. The van der Waals surface area contributed by atoms with Gasteiger partial charge in [-0.2, -0.15) is 0 Å². The van der Waals surface area contributed by atoms with Crippen molar-refractivity contribution in [1.82, 2.24) is 10.5 Å². The molecule has 0 radical (unpaired) electrons. The summed E-state index contributed by atoms with van der Waals surface area (Å²) >= 11 is 1.51. The highest BCUT2D eigenvalue weighted by Gasteiger charge is 2.24. The van der Waals surface area contributed by atoms with Gasteiger partial charge in [-0.05, 0) is 36.4 Å². The topological polar surface area (TPSA) is 81.2 Å². The number of hydrogen-bond donors (Lipinski definition) is 2. The summed E-state index contributed by atoms with van der Waals surface area (Å²) in [4.78, 5) is 13.4. The van der Waals surface area contributed by atoms with Crippen molar-refractivity contribution in [3.8, 4) is 10.6 Å². The lowest BCUT2D eigenvalue weighted by Gasteiger charge is -2.06. The molecule has 118 valence electrons. The Balaban J connectivity index is 1.81. The number of nitrogen functional groups attached to an aromatic ring is 1. The molecule has 0 unspecified atom stereocenters. The smallest absolute Gasteiger partial charge is 0.259 e. The number of hydrogen-bond acceptors (Lipinski definition) is 5. The van der Waals surface area contributed by atoms with Crippen LogP contribution in [0.2, 0.25) is 0 Å². The zero-order valence-electron chi connectivity index (χ0n) is 12.9. The van der Waals surface area contributed by atoms with Crippen LogP contribution >= 0.6 is 11.3 Å². The van der Waals surface area contributed by atoms with E-state index in [9.17, 15) is 4.79 Å². The molecule has 2 aromatic heterocycles. The lowest BCUT2D eigenvalue weighted by molar-refractivity contribution is 0.0952. The molecule has 23 heavy (non-hydrogen) atoms. The molecule has 3 rings (SSSR count). The van der Waals surface area contributed by atoms with Crippen molar-refractivity contribution < 1.29 is 9.32 Å². The maximum absolute atomic E-state index is 12.5. The molecule has 1 aromatic carbocycles.